The summed E-state index contributed by atoms with van der Waals surface area (Å²) in [5.74, 6) is -1.06. The van der Waals surface area contributed by atoms with Gasteiger partial charge in [-0.2, -0.15) is 0 Å². The summed E-state index contributed by atoms with van der Waals surface area (Å²) in [6.45, 7) is 0. The third-order valence-electron chi connectivity index (χ3n) is 3.37. The Balaban J connectivity index is 2.21. The number of carboxylic acids is 1. The van der Waals surface area contributed by atoms with Crippen LogP contribution in [0.25, 0.3) is 0 Å². The highest BCUT2D eigenvalue weighted by molar-refractivity contribution is 5.73. The largest absolute Gasteiger partial charge is 0.480 e. The van der Waals surface area contributed by atoms with Gasteiger partial charge in [0.1, 0.15) is 6.04 Å². The molecule has 0 aromatic heterocycles. The number of nitrogens with two attached hydrogens (primary N) is 1. The number of carboxylic acid groups (broad SMARTS) is 1. The SMILES string of the molecule is NC(CC1c2ccccc2CC1NO)C(=O)O. The van der Waals surface area contributed by atoms with Crippen LogP contribution in [0.5, 0.6) is 0 Å². The van der Waals surface area contributed by atoms with Crippen molar-refractivity contribution >= 4 is 5.97 Å². The number of rotatable bonds is 4. The topological polar surface area (TPSA) is 95.6 Å². The van der Waals surface area contributed by atoms with Gasteiger partial charge in [0.15, 0.2) is 0 Å². The van der Waals surface area contributed by atoms with Crippen LogP contribution in [0.3, 0.4) is 0 Å². The van der Waals surface area contributed by atoms with Crippen LogP contribution in [-0.2, 0) is 11.2 Å². The first kappa shape index (κ1) is 12.0. The van der Waals surface area contributed by atoms with Crippen LogP contribution in [-0.4, -0.2) is 28.4 Å². The standard InChI is InChI=1S/C12H16N2O3/c13-10(12(15)16)6-9-8-4-2-1-3-7(8)5-11(9)14-17/h1-4,9-11,14,17H,5-6,13H2,(H,15,16). The molecule has 1 aromatic rings. The number of aliphatic carboxylic acids is 1. The summed E-state index contributed by atoms with van der Waals surface area (Å²) in [6, 6.07) is 6.75. The highest BCUT2D eigenvalue weighted by Gasteiger charge is 2.34. The molecule has 5 nitrogen and oxygen atoms in total. The normalized spacial score (nSPS) is 24.4. The minimum absolute atomic E-state index is 0.0534. The number of fused-ring (bicyclic) bond motifs is 1. The molecule has 0 bridgehead atoms. The number of hydrogen-bond acceptors (Lipinski definition) is 4. The Hall–Kier alpha value is -1.43. The summed E-state index contributed by atoms with van der Waals surface area (Å²) in [7, 11) is 0. The van der Waals surface area contributed by atoms with Crippen molar-refractivity contribution in [2.75, 3.05) is 0 Å². The Morgan fingerprint density at radius 1 is 1.53 bits per heavy atom. The van der Waals surface area contributed by atoms with Crippen LogP contribution in [0.1, 0.15) is 23.5 Å². The second kappa shape index (κ2) is 4.83. The van der Waals surface area contributed by atoms with E-state index in [0.717, 1.165) is 11.1 Å². The van der Waals surface area contributed by atoms with Gasteiger partial charge in [-0.05, 0) is 24.0 Å². The van der Waals surface area contributed by atoms with Crippen molar-refractivity contribution in [3.8, 4) is 0 Å². The molecule has 5 N–H and O–H groups in total. The lowest BCUT2D eigenvalue weighted by Gasteiger charge is -2.20. The molecule has 5 heteroatoms. The molecule has 0 amide bonds. The molecule has 92 valence electrons. The van der Waals surface area contributed by atoms with E-state index in [4.69, 9.17) is 16.0 Å². The van der Waals surface area contributed by atoms with Crippen LogP contribution in [0, 0.1) is 0 Å². The number of benzene rings is 1. The van der Waals surface area contributed by atoms with Crippen molar-refractivity contribution in [1.82, 2.24) is 5.48 Å². The molecule has 1 aliphatic rings. The molecule has 0 radical (unpaired) electrons. The van der Waals surface area contributed by atoms with Gasteiger partial charge in [0.05, 0.1) is 0 Å². The first-order valence-electron chi connectivity index (χ1n) is 5.59. The summed E-state index contributed by atoms with van der Waals surface area (Å²) in [4.78, 5) is 10.8. The molecule has 0 fully saturated rings. The fourth-order valence-corrected chi connectivity index (χ4v) is 2.48. The zero-order valence-electron chi connectivity index (χ0n) is 9.34. The Kier molecular flexibility index (Phi) is 3.42. The first-order chi connectivity index (χ1) is 8.13. The molecule has 1 aromatic carbocycles. The van der Waals surface area contributed by atoms with E-state index in [-0.39, 0.29) is 12.0 Å². The van der Waals surface area contributed by atoms with E-state index in [1.54, 1.807) is 0 Å². The number of carbonyl (C=O) groups is 1. The number of hydrogen-bond donors (Lipinski definition) is 4. The van der Waals surface area contributed by atoms with Crippen molar-refractivity contribution in [2.45, 2.75) is 30.8 Å². The zero-order valence-corrected chi connectivity index (χ0v) is 9.34. The van der Waals surface area contributed by atoms with Gasteiger partial charge in [-0.25, -0.2) is 5.48 Å². The van der Waals surface area contributed by atoms with Crippen molar-refractivity contribution < 1.29 is 15.1 Å². The monoisotopic (exact) mass is 236 g/mol. The summed E-state index contributed by atoms with van der Waals surface area (Å²) < 4.78 is 0. The lowest BCUT2D eigenvalue weighted by molar-refractivity contribution is -0.138. The van der Waals surface area contributed by atoms with Gasteiger partial charge < -0.3 is 16.0 Å². The van der Waals surface area contributed by atoms with E-state index in [2.05, 4.69) is 5.48 Å². The second-order valence-electron chi connectivity index (χ2n) is 4.43. The van der Waals surface area contributed by atoms with Gasteiger partial charge >= 0.3 is 5.97 Å². The maximum atomic E-state index is 10.8. The van der Waals surface area contributed by atoms with Crippen molar-refractivity contribution in [3.05, 3.63) is 35.4 Å². The van der Waals surface area contributed by atoms with E-state index in [0.29, 0.717) is 12.8 Å². The lowest BCUT2D eigenvalue weighted by atomic mass is 9.91. The molecule has 3 unspecified atom stereocenters. The average molecular weight is 236 g/mol. The van der Waals surface area contributed by atoms with Gasteiger partial charge in [-0.15, -0.1) is 0 Å². The molecule has 0 heterocycles. The average Bonchev–Trinajstić information content (AvgIpc) is 2.67. The first-order valence-corrected chi connectivity index (χ1v) is 5.59. The molecule has 17 heavy (non-hydrogen) atoms. The highest BCUT2D eigenvalue weighted by Crippen LogP contribution is 2.36. The van der Waals surface area contributed by atoms with Crippen molar-refractivity contribution in [1.29, 1.82) is 0 Å². The van der Waals surface area contributed by atoms with E-state index < -0.39 is 12.0 Å². The molecule has 0 saturated carbocycles. The molecule has 0 spiro atoms. The Morgan fingerprint density at radius 2 is 2.24 bits per heavy atom. The minimum atomic E-state index is -1.01. The Morgan fingerprint density at radius 3 is 2.88 bits per heavy atom. The van der Waals surface area contributed by atoms with Gasteiger partial charge in [0, 0.05) is 12.0 Å². The van der Waals surface area contributed by atoms with E-state index >= 15 is 0 Å². The molecule has 2 rings (SSSR count). The fraction of sp³-hybridized carbons (Fsp3) is 0.417. The van der Waals surface area contributed by atoms with Gasteiger partial charge in [0.2, 0.25) is 0 Å². The molecular weight excluding hydrogens is 220 g/mol. The molecule has 0 aliphatic heterocycles. The van der Waals surface area contributed by atoms with Gasteiger partial charge in [-0.1, -0.05) is 24.3 Å². The minimum Gasteiger partial charge on any atom is -0.480 e. The maximum Gasteiger partial charge on any atom is 0.320 e. The predicted molar refractivity (Wildman–Crippen MR) is 61.8 cm³/mol. The van der Waals surface area contributed by atoms with Crippen LogP contribution in [0.4, 0.5) is 0 Å². The van der Waals surface area contributed by atoms with Crippen molar-refractivity contribution in [2.24, 2.45) is 5.73 Å². The van der Waals surface area contributed by atoms with E-state index in [9.17, 15) is 4.79 Å². The van der Waals surface area contributed by atoms with Crippen LogP contribution < -0.4 is 11.2 Å². The Labute approximate surface area is 99.2 Å². The van der Waals surface area contributed by atoms with Crippen LogP contribution in [0.15, 0.2) is 24.3 Å². The third kappa shape index (κ3) is 2.31. The number of hydroxylamine groups is 1. The van der Waals surface area contributed by atoms with Crippen molar-refractivity contribution in [3.63, 3.8) is 0 Å². The summed E-state index contributed by atoms with van der Waals surface area (Å²) in [5.41, 5.74) is 10.0. The molecule has 3 atom stereocenters. The van der Waals surface area contributed by atoms with Crippen LogP contribution in [0.2, 0.25) is 0 Å². The van der Waals surface area contributed by atoms with Gasteiger partial charge in [0.25, 0.3) is 0 Å². The zero-order chi connectivity index (χ0) is 12.4. The lowest BCUT2D eigenvalue weighted by Crippen LogP contribution is -2.37. The highest BCUT2D eigenvalue weighted by atomic mass is 16.5. The van der Waals surface area contributed by atoms with E-state index in [1.165, 1.54) is 0 Å². The smallest absolute Gasteiger partial charge is 0.320 e. The summed E-state index contributed by atoms with van der Waals surface area (Å²) in [6.07, 6.45) is 1.02. The second-order valence-corrected chi connectivity index (χ2v) is 4.43. The number of nitrogens with one attached hydrogen (secondary N) is 1. The Bertz CT molecular complexity index is 422. The summed E-state index contributed by atoms with van der Waals surface area (Å²) in [5, 5.41) is 18.0. The van der Waals surface area contributed by atoms with E-state index in [1.807, 2.05) is 24.3 Å². The summed E-state index contributed by atoms with van der Waals surface area (Å²) >= 11 is 0. The van der Waals surface area contributed by atoms with Gasteiger partial charge in [-0.3, -0.25) is 4.79 Å². The third-order valence-corrected chi connectivity index (χ3v) is 3.37. The quantitative estimate of drug-likeness (QED) is 0.570. The predicted octanol–water partition coefficient (Wildman–Crippen LogP) is 0.476. The molecule has 0 saturated heterocycles. The maximum absolute atomic E-state index is 10.8. The molecular formula is C12H16N2O3. The fourth-order valence-electron chi connectivity index (χ4n) is 2.48. The van der Waals surface area contributed by atoms with Crippen LogP contribution >= 0.6 is 0 Å². The molecule has 1 aliphatic carbocycles.